The summed E-state index contributed by atoms with van der Waals surface area (Å²) in [4.78, 5) is 11.7. The molecule has 1 unspecified atom stereocenters. The fourth-order valence-corrected chi connectivity index (χ4v) is 1.98. The van der Waals surface area contributed by atoms with Crippen LogP contribution >= 0.6 is 23.2 Å². The van der Waals surface area contributed by atoms with Gasteiger partial charge >= 0.3 is 0 Å². The Bertz CT molecular complexity index is 346. The molecule has 0 spiro atoms. The predicted molar refractivity (Wildman–Crippen MR) is 57.9 cm³/mol. The van der Waals surface area contributed by atoms with Gasteiger partial charge in [0.05, 0.1) is 0 Å². The van der Waals surface area contributed by atoms with Crippen molar-refractivity contribution in [2.75, 3.05) is 0 Å². The minimum atomic E-state index is -0.648. The van der Waals surface area contributed by atoms with Crippen LogP contribution in [0.3, 0.4) is 0 Å². The van der Waals surface area contributed by atoms with Gasteiger partial charge in [0, 0.05) is 17.9 Å². The first-order valence-corrected chi connectivity index (χ1v) is 5.31. The van der Waals surface area contributed by atoms with Crippen LogP contribution in [-0.2, 0) is 0 Å². The van der Waals surface area contributed by atoms with Gasteiger partial charge in [-0.05, 0) is 6.42 Å². The van der Waals surface area contributed by atoms with Crippen LogP contribution in [0.1, 0.15) is 23.2 Å². The van der Waals surface area contributed by atoms with Gasteiger partial charge in [-0.25, -0.2) is 0 Å². The molecule has 1 saturated carbocycles. The van der Waals surface area contributed by atoms with Crippen LogP contribution in [0.15, 0.2) is 30.3 Å². The van der Waals surface area contributed by atoms with E-state index in [0.29, 0.717) is 6.42 Å². The van der Waals surface area contributed by atoms with Crippen LogP contribution < -0.4 is 0 Å². The van der Waals surface area contributed by atoms with E-state index in [1.165, 1.54) is 0 Å². The molecule has 0 aliphatic heterocycles. The number of Topliss-reactive ketones (excluding diaryl/α,β-unsaturated/α-hetero) is 1. The molecule has 1 aromatic carbocycles. The van der Waals surface area contributed by atoms with Crippen LogP contribution in [0.4, 0.5) is 0 Å². The first-order valence-electron chi connectivity index (χ1n) is 4.56. The highest BCUT2D eigenvalue weighted by Gasteiger charge is 2.52. The SMILES string of the molecule is O=C(CC1CC1(Cl)Cl)c1ccccc1. The summed E-state index contributed by atoms with van der Waals surface area (Å²) < 4.78 is -0.648. The Morgan fingerprint density at radius 2 is 1.93 bits per heavy atom. The molecule has 1 atom stereocenters. The van der Waals surface area contributed by atoms with Gasteiger partial charge in [-0.1, -0.05) is 30.3 Å². The maximum absolute atomic E-state index is 11.7. The van der Waals surface area contributed by atoms with Gasteiger partial charge < -0.3 is 0 Å². The van der Waals surface area contributed by atoms with Crippen molar-refractivity contribution in [3.8, 4) is 0 Å². The van der Waals surface area contributed by atoms with Gasteiger partial charge in [0.1, 0.15) is 4.33 Å². The van der Waals surface area contributed by atoms with Crippen LogP contribution in [0, 0.1) is 5.92 Å². The highest BCUT2D eigenvalue weighted by molar-refractivity contribution is 6.51. The van der Waals surface area contributed by atoms with Crippen LogP contribution in [0.5, 0.6) is 0 Å². The standard InChI is InChI=1S/C11H10Cl2O/c12-11(13)7-9(11)6-10(14)8-4-2-1-3-5-8/h1-5,9H,6-7H2. The van der Waals surface area contributed by atoms with Gasteiger partial charge in [0.2, 0.25) is 0 Å². The molecule has 2 rings (SSSR count). The second-order valence-corrected chi connectivity index (χ2v) is 5.20. The summed E-state index contributed by atoms with van der Waals surface area (Å²) in [6.45, 7) is 0. The Kier molecular flexibility index (Phi) is 2.54. The average Bonchev–Trinajstić information content (AvgIpc) is 2.75. The summed E-state index contributed by atoms with van der Waals surface area (Å²) in [6.07, 6.45) is 1.19. The van der Waals surface area contributed by atoms with E-state index in [4.69, 9.17) is 23.2 Å². The molecule has 0 bridgehead atoms. The van der Waals surface area contributed by atoms with E-state index >= 15 is 0 Å². The van der Waals surface area contributed by atoms with E-state index in [1.807, 2.05) is 30.3 Å². The highest BCUT2D eigenvalue weighted by atomic mass is 35.5. The normalized spacial score (nSPS) is 23.1. The predicted octanol–water partition coefficient (Wildman–Crippen LogP) is 3.45. The number of carbonyl (C=O) groups is 1. The monoisotopic (exact) mass is 228 g/mol. The smallest absolute Gasteiger partial charge is 0.163 e. The van der Waals surface area contributed by atoms with Gasteiger partial charge in [0.15, 0.2) is 5.78 Å². The second-order valence-electron chi connectivity index (χ2n) is 3.66. The molecule has 1 aliphatic carbocycles. The third kappa shape index (κ3) is 2.10. The third-order valence-corrected chi connectivity index (χ3v) is 3.41. The van der Waals surface area contributed by atoms with Crippen LogP contribution in [0.25, 0.3) is 0 Å². The fourth-order valence-electron chi connectivity index (χ4n) is 1.46. The molecule has 0 N–H and O–H groups in total. The van der Waals surface area contributed by atoms with Crippen molar-refractivity contribution in [2.45, 2.75) is 17.2 Å². The zero-order chi connectivity index (χ0) is 10.2. The zero-order valence-electron chi connectivity index (χ0n) is 7.54. The molecule has 3 heteroatoms. The van der Waals surface area contributed by atoms with Gasteiger partial charge in [-0.3, -0.25) is 4.79 Å². The first-order chi connectivity index (χ1) is 6.59. The Morgan fingerprint density at radius 1 is 1.36 bits per heavy atom. The lowest BCUT2D eigenvalue weighted by molar-refractivity contribution is 0.0975. The molecule has 74 valence electrons. The summed E-state index contributed by atoms with van der Waals surface area (Å²) in [5.74, 6) is 0.261. The summed E-state index contributed by atoms with van der Waals surface area (Å²) in [5.41, 5.74) is 0.739. The Balaban J connectivity index is 1.98. The second kappa shape index (κ2) is 3.56. The number of alkyl halides is 2. The molecule has 0 heterocycles. The number of rotatable bonds is 3. The number of carbonyl (C=O) groups excluding carboxylic acids is 1. The number of hydrogen-bond donors (Lipinski definition) is 0. The summed E-state index contributed by atoms with van der Waals surface area (Å²) in [7, 11) is 0. The molecular weight excluding hydrogens is 219 g/mol. The van der Waals surface area contributed by atoms with E-state index < -0.39 is 4.33 Å². The minimum absolute atomic E-state index is 0.124. The molecule has 0 saturated heterocycles. The maximum Gasteiger partial charge on any atom is 0.163 e. The quantitative estimate of drug-likeness (QED) is 0.573. The highest BCUT2D eigenvalue weighted by Crippen LogP contribution is 2.55. The molecule has 0 amide bonds. The molecule has 1 fully saturated rings. The Labute approximate surface area is 93.0 Å². The largest absolute Gasteiger partial charge is 0.294 e. The summed E-state index contributed by atoms with van der Waals surface area (Å²) in [5, 5.41) is 0. The van der Waals surface area contributed by atoms with E-state index in [9.17, 15) is 4.79 Å². The van der Waals surface area contributed by atoms with Crippen LogP contribution in [-0.4, -0.2) is 10.1 Å². The Hall–Kier alpha value is -0.530. The number of ketones is 1. The minimum Gasteiger partial charge on any atom is -0.294 e. The average molecular weight is 229 g/mol. The first kappa shape index (κ1) is 10.0. The molecular formula is C11H10Cl2O. The van der Waals surface area contributed by atoms with Crippen molar-refractivity contribution in [1.29, 1.82) is 0 Å². The third-order valence-electron chi connectivity index (χ3n) is 2.48. The molecule has 0 radical (unpaired) electrons. The van der Waals surface area contributed by atoms with Crippen molar-refractivity contribution < 1.29 is 4.79 Å². The Morgan fingerprint density at radius 3 is 2.43 bits per heavy atom. The summed E-state index contributed by atoms with van der Waals surface area (Å²) in [6, 6.07) is 9.23. The molecule has 1 aromatic rings. The van der Waals surface area contributed by atoms with Crippen LogP contribution in [0.2, 0.25) is 0 Å². The van der Waals surface area contributed by atoms with Crippen molar-refractivity contribution in [3.05, 3.63) is 35.9 Å². The molecule has 1 aliphatic rings. The van der Waals surface area contributed by atoms with Gasteiger partial charge in [-0.15, -0.1) is 23.2 Å². The van der Waals surface area contributed by atoms with E-state index in [-0.39, 0.29) is 11.7 Å². The van der Waals surface area contributed by atoms with Crippen molar-refractivity contribution in [2.24, 2.45) is 5.92 Å². The van der Waals surface area contributed by atoms with Gasteiger partial charge in [-0.2, -0.15) is 0 Å². The van der Waals surface area contributed by atoms with E-state index in [0.717, 1.165) is 12.0 Å². The lowest BCUT2D eigenvalue weighted by atomic mass is 10.1. The van der Waals surface area contributed by atoms with Crippen molar-refractivity contribution >= 4 is 29.0 Å². The van der Waals surface area contributed by atoms with Crippen molar-refractivity contribution in [3.63, 3.8) is 0 Å². The lowest BCUT2D eigenvalue weighted by Crippen LogP contribution is -2.02. The fraction of sp³-hybridized carbons (Fsp3) is 0.364. The van der Waals surface area contributed by atoms with E-state index in [2.05, 4.69) is 0 Å². The number of hydrogen-bond acceptors (Lipinski definition) is 1. The topological polar surface area (TPSA) is 17.1 Å². The number of benzene rings is 1. The van der Waals surface area contributed by atoms with Gasteiger partial charge in [0.25, 0.3) is 0 Å². The summed E-state index contributed by atoms with van der Waals surface area (Å²) >= 11 is 11.7. The molecule has 1 nitrogen and oxygen atoms in total. The zero-order valence-corrected chi connectivity index (χ0v) is 9.05. The number of halogens is 2. The molecule has 0 aromatic heterocycles. The van der Waals surface area contributed by atoms with Crippen molar-refractivity contribution in [1.82, 2.24) is 0 Å². The maximum atomic E-state index is 11.7. The lowest BCUT2D eigenvalue weighted by Gasteiger charge is -2.00. The van der Waals surface area contributed by atoms with E-state index in [1.54, 1.807) is 0 Å². The molecule has 14 heavy (non-hydrogen) atoms.